The minimum atomic E-state index is 0. The van der Waals surface area contributed by atoms with Gasteiger partial charge in [-0.2, -0.15) is 0 Å². The van der Waals surface area contributed by atoms with Crippen LogP contribution in [0, 0.1) is 4.64 Å². The maximum Gasteiger partial charge on any atom is 1.00 e. The summed E-state index contributed by atoms with van der Waals surface area (Å²) in [5, 5.41) is 0.350. The average molecular weight is 171 g/mol. The van der Waals surface area contributed by atoms with Gasteiger partial charge in [-0.05, 0) is 0 Å². The summed E-state index contributed by atoms with van der Waals surface area (Å²) in [5.74, 6) is 0. The van der Waals surface area contributed by atoms with Crippen LogP contribution in [0.15, 0.2) is 12.4 Å². The number of rotatable bonds is 0. The van der Waals surface area contributed by atoms with Crippen molar-refractivity contribution < 1.29 is 31.0 Å². The Bertz CT molecular complexity index is 241. The Balaban J connectivity index is 0. The molecule has 0 bridgehead atoms. The van der Waals surface area contributed by atoms with Gasteiger partial charge in [-0.15, -0.1) is 0 Å². The zero-order chi connectivity index (χ0) is 5.98. The van der Waals surface area contributed by atoms with Crippen molar-refractivity contribution in [2.75, 3.05) is 0 Å². The average Bonchev–Trinajstić information content (AvgIpc) is 1.77. The molecule has 0 aliphatic rings. The predicted molar refractivity (Wildman–Crippen MR) is 35.5 cm³/mol. The normalized spacial score (nSPS) is 8.11. The maximum absolute atomic E-state index is 5.46. The first-order valence-electron chi connectivity index (χ1n) is 2.00. The zero-order valence-corrected chi connectivity index (χ0v) is 8.46. The Kier molecular flexibility index (Phi) is 4.70. The molecule has 0 atom stereocenters. The van der Waals surface area contributed by atoms with Crippen LogP contribution in [0.5, 0.6) is 0 Å². The van der Waals surface area contributed by atoms with Crippen molar-refractivity contribution >= 4 is 23.8 Å². The number of hydrogen-bond donors (Lipinski definition) is 1. The van der Waals surface area contributed by atoms with E-state index in [0.717, 1.165) is 0 Å². The summed E-state index contributed by atoms with van der Waals surface area (Å²) in [4.78, 5) is 6.43. The summed E-state index contributed by atoms with van der Waals surface area (Å²) >= 11 is 10.2. The molecule has 1 aromatic heterocycles. The summed E-state index contributed by atoms with van der Waals surface area (Å²) in [5.41, 5.74) is 0. The first-order valence-corrected chi connectivity index (χ1v) is 2.78. The Morgan fingerprint density at radius 3 is 2.78 bits per heavy atom. The standard InChI is InChI=1S/C4H3ClN2S.Na.H/c5-3-4(8)7-2-1-6-3;;/h1-2H,(H,7,8);;/q;+1;-1. The summed E-state index contributed by atoms with van der Waals surface area (Å²) in [6.45, 7) is 0. The molecular formula is C4H4ClN2NaS. The van der Waals surface area contributed by atoms with E-state index < -0.39 is 0 Å². The molecule has 1 aromatic rings. The van der Waals surface area contributed by atoms with Crippen molar-refractivity contribution in [1.29, 1.82) is 0 Å². The second-order valence-electron chi connectivity index (χ2n) is 1.21. The van der Waals surface area contributed by atoms with E-state index in [9.17, 15) is 0 Å². The molecule has 0 saturated carbocycles. The quantitative estimate of drug-likeness (QED) is 0.396. The second-order valence-corrected chi connectivity index (χ2v) is 1.98. The third kappa shape index (κ3) is 2.78. The number of aromatic nitrogens is 2. The molecule has 0 saturated heterocycles. The predicted octanol–water partition coefficient (Wildman–Crippen LogP) is -1.09. The molecule has 0 fully saturated rings. The smallest absolute Gasteiger partial charge is 1.00 e. The van der Waals surface area contributed by atoms with Crippen molar-refractivity contribution in [3.63, 3.8) is 0 Å². The molecule has 1 heterocycles. The van der Waals surface area contributed by atoms with Crippen LogP contribution in [-0.2, 0) is 0 Å². The van der Waals surface area contributed by atoms with E-state index >= 15 is 0 Å². The Morgan fingerprint density at radius 2 is 2.44 bits per heavy atom. The van der Waals surface area contributed by atoms with Gasteiger partial charge in [0.05, 0.1) is 0 Å². The maximum atomic E-state index is 5.46. The largest absolute Gasteiger partial charge is 1.00 e. The Morgan fingerprint density at radius 1 is 1.78 bits per heavy atom. The van der Waals surface area contributed by atoms with Crippen LogP contribution >= 0.6 is 23.8 Å². The topological polar surface area (TPSA) is 28.7 Å². The Labute approximate surface area is 86.4 Å². The number of H-pyrrole nitrogens is 1. The first-order chi connectivity index (χ1) is 3.80. The second kappa shape index (κ2) is 4.41. The number of aromatic amines is 1. The fourth-order valence-corrected chi connectivity index (χ4v) is 0.565. The van der Waals surface area contributed by atoms with Crippen molar-refractivity contribution in [2.45, 2.75) is 0 Å². The summed E-state index contributed by atoms with van der Waals surface area (Å²) in [7, 11) is 0. The van der Waals surface area contributed by atoms with Crippen LogP contribution in [0.3, 0.4) is 0 Å². The molecule has 0 spiro atoms. The van der Waals surface area contributed by atoms with Gasteiger partial charge in [-0.1, -0.05) is 23.8 Å². The van der Waals surface area contributed by atoms with E-state index in [-0.39, 0.29) is 31.0 Å². The van der Waals surface area contributed by atoms with Crippen molar-refractivity contribution in [3.05, 3.63) is 22.2 Å². The monoisotopic (exact) mass is 170 g/mol. The van der Waals surface area contributed by atoms with Gasteiger partial charge in [0.25, 0.3) is 0 Å². The molecule has 0 aromatic carbocycles. The molecule has 2 nitrogen and oxygen atoms in total. The van der Waals surface area contributed by atoms with Crippen LogP contribution in [0.25, 0.3) is 0 Å². The number of nitrogens with zero attached hydrogens (tertiary/aromatic N) is 1. The van der Waals surface area contributed by atoms with Crippen LogP contribution in [-0.4, -0.2) is 9.97 Å². The SMILES string of the molecule is S=c1[nH]ccnc1Cl.[H-].[Na+]. The van der Waals surface area contributed by atoms with E-state index in [0.29, 0.717) is 9.79 Å². The van der Waals surface area contributed by atoms with Gasteiger partial charge in [-0.3, -0.25) is 0 Å². The number of nitrogens with one attached hydrogen (secondary N) is 1. The first kappa shape index (κ1) is 9.59. The molecule has 9 heavy (non-hydrogen) atoms. The van der Waals surface area contributed by atoms with Crippen LogP contribution in [0.2, 0.25) is 5.15 Å². The summed E-state index contributed by atoms with van der Waals surface area (Å²) in [6, 6.07) is 0. The third-order valence-corrected chi connectivity index (χ3v) is 1.37. The third-order valence-electron chi connectivity index (χ3n) is 0.664. The van der Waals surface area contributed by atoms with Crippen molar-refractivity contribution in [3.8, 4) is 0 Å². The van der Waals surface area contributed by atoms with Crippen molar-refractivity contribution in [1.82, 2.24) is 9.97 Å². The van der Waals surface area contributed by atoms with E-state index in [2.05, 4.69) is 9.97 Å². The fourth-order valence-electron chi connectivity index (χ4n) is 0.334. The molecule has 0 radical (unpaired) electrons. The zero-order valence-electron chi connectivity index (χ0n) is 5.89. The molecule has 5 heteroatoms. The summed E-state index contributed by atoms with van der Waals surface area (Å²) in [6.07, 6.45) is 3.19. The molecule has 1 rings (SSSR count). The summed E-state index contributed by atoms with van der Waals surface area (Å²) < 4.78 is 0.481. The molecule has 0 aliphatic carbocycles. The van der Waals surface area contributed by atoms with Gasteiger partial charge in [0, 0.05) is 12.4 Å². The van der Waals surface area contributed by atoms with Crippen LogP contribution < -0.4 is 29.6 Å². The van der Waals surface area contributed by atoms with Gasteiger partial charge in [0.15, 0.2) is 5.15 Å². The number of halogens is 1. The molecule has 0 aliphatic heterocycles. The van der Waals surface area contributed by atoms with Gasteiger partial charge < -0.3 is 6.41 Å². The van der Waals surface area contributed by atoms with E-state index in [1.165, 1.54) is 0 Å². The van der Waals surface area contributed by atoms with Gasteiger partial charge in [0.1, 0.15) is 4.64 Å². The van der Waals surface area contributed by atoms with E-state index in [1.807, 2.05) is 0 Å². The van der Waals surface area contributed by atoms with Crippen molar-refractivity contribution in [2.24, 2.45) is 0 Å². The van der Waals surface area contributed by atoms with Gasteiger partial charge in [-0.25, -0.2) is 4.98 Å². The molecule has 0 amide bonds. The molecule has 0 unspecified atom stereocenters. The number of hydrogen-bond acceptors (Lipinski definition) is 2. The molecule has 44 valence electrons. The Hall–Kier alpha value is 0.590. The minimum absolute atomic E-state index is 0. The van der Waals surface area contributed by atoms with Gasteiger partial charge >= 0.3 is 29.6 Å². The van der Waals surface area contributed by atoms with Gasteiger partial charge in [0.2, 0.25) is 0 Å². The molecular weight excluding hydrogens is 167 g/mol. The van der Waals surface area contributed by atoms with Crippen LogP contribution in [0.1, 0.15) is 1.43 Å². The van der Waals surface area contributed by atoms with E-state index in [4.69, 9.17) is 23.8 Å². The minimum Gasteiger partial charge on any atom is -1.00 e. The fraction of sp³-hybridized carbons (Fsp3) is 0. The molecule has 1 N–H and O–H groups in total. The van der Waals surface area contributed by atoms with E-state index in [1.54, 1.807) is 12.4 Å². The van der Waals surface area contributed by atoms with Crippen LogP contribution in [0.4, 0.5) is 0 Å².